The van der Waals surface area contributed by atoms with Crippen LogP contribution >= 0.6 is 0 Å². The Hall–Kier alpha value is -1.87. The van der Waals surface area contributed by atoms with E-state index in [1.54, 1.807) is 0 Å². The Morgan fingerprint density at radius 2 is 1.61 bits per heavy atom. The van der Waals surface area contributed by atoms with Gasteiger partial charge in [0.1, 0.15) is 5.75 Å². The number of para-hydroxylation sites is 2. The Morgan fingerprint density at radius 1 is 0.913 bits per heavy atom. The van der Waals surface area contributed by atoms with Crippen LogP contribution in [0.5, 0.6) is 5.75 Å². The average Bonchev–Trinajstić information content (AvgIpc) is 2.64. The van der Waals surface area contributed by atoms with E-state index in [4.69, 9.17) is 4.74 Å². The standard InChI is InChI=1S/C20H26NOSi/c1-4-23(5-2,6-3)19-14-10-11-17-15-21(16-22-20(17)19)18-12-8-7-9-13-18/h7-15H,4-6,16H2,1-3H3/q+1. The summed E-state index contributed by atoms with van der Waals surface area (Å²) in [6.45, 7) is 7.64. The second-order valence-corrected chi connectivity index (χ2v) is 11.5. The van der Waals surface area contributed by atoms with Gasteiger partial charge in [0, 0.05) is 12.1 Å². The van der Waals surface area contributed by atoms with Crippen molar-refractivity contribution < 1.29 is 9.31 Å². The van der Waals surface area contributed by atoms with Gasteiger partial charge in [0.25, 0.3) is 6.73 Å². The third-order valence-electron chi connectivity index (χ3n) is 5.38. The molecule has 3 rings (SSSR count). The summed E-state index contributed by atoms with van der Waals surface area (Å²) in [6, 6.07) is 21.0. The lowest BCUT2D eigenvalue weighted by atomic mass is 10.2. The van der Waals surface area contributed by atoms with E-state index in [2.05, 4.69) is 74.0 Å². The SMILES string of the molecule is CC[Si](CC)(CC)c1cccc2c1OC[N+](c1ccccc1)=C2. The molecule has 0 unspecified atom stereocenters. The fraction of sp³-hybridized carbons (Fsp3) is 0.350. The van der Waals surface area contributed by atoms with Crippen LogP contribution in [0.3, 0.4) is 0 Å². The summed E-state index contributed by atoms with van der Waals surface area (Å²) < 4.78 is 8.44. The minimum atomic E-state index is -1.44. The molecule has 0 spiro atoms. The van der Waals surface area contributed by atoms with E-state index < -0.39 is 8.07 Å². The van der Waals surface area contributed by atoms with Gasteiger partial charge in [-0.05, 0) is 11.3 Å². The van der Waals surface area contributed by atoms with Gasteiger partial charge in [-0.2, -0.15) is 4.58 Å². The second kappa shape index (κ2) is 6.71. The van der Waals surface area contributed by atoms with Crippen LogP contribution in [-0.4, -0.2) is 25.6 Å². The van der Waals surface area contributed by atoms with E-state index in [9.17, 15) is 0 Å². The molecule has 23 heavy (non-hydrogen) atoms. The first kappa shape index (κ1) is 16.0. The highest BCUT2D eigenvalue weighted by Gasteiger charge is 2.34. The molecular weight excluding hydrogens is 298 g/mol. The van der Waals surface area contributed by atoms with Crippen LogP contribution in [0, 0.1) is 0 Å². The third-order valence-corrected chi connectivity index (χ3v) is 11.0. The maximum Gasteiger partial charge on any atom is 0.292 e. The van der Waals surface area contributed by atoms with E-state index in [1.165, 1.54) is 34.6 Å². The highest BCUT2D eigenvalue weighted by atomic mass is 28.3. The zero-order valence-corrected chi connectivity index (χ0v) is 15.4. The van der Waals surface area contributed by atoms with Crippen LogP contribution in [0.25, 0.3) is 0 Å². The number of fused-ring (bicyclic) bond motifs is 1. The van der Waals surface area contributed by atoms with Crippen LogP contribution in [0.15, 0.2) is 48.5 Å². The Labute approximate surface area is 140 Å². The molecule has 1 aliphatic heterocycles. The molecule has 0 fully saturated rings. The predicted molar refractivity (Wildman–Crippen MR) is 100 cm³/mol. The third kappa shape index (κ3) is 2.86. The summed E-state index contributed by atoms with van der Waals surface area (Å²) in [6.07, 6.45) is 2.23. The highest BCUT2D eigenvalue weighted by Crippen LogP contribution is 2.29. The Kier molecular flexibility index (Phi) is 4.67. The number of nitrogens with zero attached hydrogens (tertiary/aromatic N) is 1. The summed E-state index contributed by atoms with van der Waals surface area (Å²) >= 11 is 0. The topological polar surface area (TPSA) is 12.2 Å². The fourth-order valence-corrected chi connectivity index (χ4v) is 7.46. The number of benzene rings is 2. The van der Waals surface area contributed by atoms with E-state index in [0.717, 1.165) is 5.75 Å². The maximum atomic E-state index is 6.26. The molecule has 0 saturated heterocycles. The van der Waals surface area contributed by atoms with Crippen LogP contribution in [-0.2, 0) is 0 Å². The Balaban J connectivity index is 2.07. The van der Waals surface area contributed by atoms with E-state index in [-0.39, 0.29) is 0 Å². The minimum absolute atomic E-state index is 0.593. The largest absolute Gasteiger partial charge is 0.435 e. The fourth-order valence-electron chi connectivity index (χ4n) is 3.66. The molecule has 1 heterocycles. The molecule has 0 aliphatic carbocycles. The summed E-state index contributed by atoms with van der Waals surface area (Å²) in [7, 11) is -1.44. The van der Waals surface area contributed by atoms with Gasteiger partial charge in [-0.1, -0.05) is 69.2 Å². The molecule has 0 radical (unpaired) electrons. The van der Waals surface area contributed by atoms with E-state index in [0.29, 0.717) is 6.73 Å². The molecule has 1 aliphatic rings. The molecule has 3 heteroatoms. The lowest BCUT2D eigenvalue weighted by Gasteiger charge is -2.31. The van der Waals surface area contributed by atoms with Gasteiger partial charge >= 0.3 is 0 Å². The molecule has 0 saturated carbocycles. The van der Waals surface area contributed by atoms with E-state index in [1.807, 2.05) is 6.07 Å². The number of ether oxygens (including phenoxy) is 1. The van der Waals surface area contributed by atoms with Gasteiger partial charge in [-0.3, -0.25) is 0 Å². The molecule has 2 aromatic carbocycles. The van der Waals surface area contributed by atoms with Crippen molar-refractivity contribution in [1.82, 2.24) is 0 Å². The van der Waals surface area contributed by atoms with Gasteiger partial charge in [0.05, 0.1) is 13.6 Å². The zero-order valence-electron chi connectivity index (χ0n) is 14.4. The zero-order chi connectivity index (χ0) is 16.3. The lowest BCUT2D eigenvalue weighted by Crippen LogP contribution is -2.47. The number of hydrogen-bond donors (Lipinski definition) is 0. The van der Waals surface area contributed by atoms with Gasteiger partial charge in [0.15, 0.2) is 6.21 Å². The number of rotatable bonds is 5. The van der Waals surface area contributed by atoms with Crippen molar-refractivity contribution in [3.63, 3.8) is 0 Å². The number of hydrogen-bond acceptors (Lipinski definition) is 1. The molecule has 0 bridgehead atoms. The maximum absolute atomic E-state index is 6.26. The predicted octanol–water partition coefficient (Wildman–Crippen LogP) is 4.52. The normalized spacial score (nSPS) is 14.0. The van der Waals surface area contributed by atoms with Gasteiger partial charge in [0.2, 0.25) is 5.69 Å². The van der Waals surface area contributed by atoms with Crippen molar-refractivity contribution >= 4 is 25.2 Å². The molecule has 2 nitrogen and oxygen atoms in total. The van der Waals surface area contributed by atoms with Crippen molar-refractivity contribution in [3.05, 3.63) is 54.1 Å². The second-order valence-electron chi connectivity index (χ2n) is 6.27. The molecule has 0 atom stereocenters. The van der Waals surface area contributed by atoms with Gasteiger partial charge in [-0.15, -0.1) is 0 Å². The van der Waals surface area contributed by atoms with E-state index >= 15 is 0 Å². The van der Waals surface area contributed by atoms with Crippen LogP contribution in [0.2, 0.25) is 18.1 Å². The summed E-state index contributed by atoms with van der Waals surface area (Å²) in [5.74, 6) is 1.14. The lowest BCUT2D eigenvalue weighted by molar-refractivity contribution is -0.476. The monoisotopic (exact) mass is 324 g/mol. The Bertz CT molecular complexity index is 697. The van der Waals surface area contributed by atoms with Crippen molar-refractivity contribution in [2.45, 2.75) is 38.9 Å². The van der Waals surface area contributed by atoms with Crippen molar-refractivity contribution in [2.75, 3.05) is 6.73 Å². The minimum Gasteiger partial charge on any atom is -0.435 e. The first-order valence-corrected chi connectivity index (χ1v) is 11.3. The summed E-state index contributed by atoms with van der Waals surface area (Å²) in [5.41, 5.74) is 2.39. The smallest absolute Gasteiger partial charge is 0.292 e. The van der Waals surface area contributed by atoms with Crippen molar-refractivity contribution in [3.8, 4) is 5.75 Å². The van der Waals surface area contributed by atoms with Gasteiger partial charge < -0.3 is 4.74 Å². The van der Waals surface area contributed by atoms with Gasteiger partial charge in [-0.25, -0.2) is 0 Å². The molecule has 0 amide bonds. The highest BCUT2D eigenvalue weighted by molar-refractivity contribution is 6.92. The average molecular weight is 325 g/mol. The molecule has 0 N–H and O–H groups in total. The molecular formula is C20H26NOSi+. The van der Waals surface area contributed by atoms with Crippen LogP contribution in [0.1, 0.15) is 26.3 Å². The van der Waals surface area contributed by atoms with Crippen LogP contribution in [0.4, 0.5) is 5.69 Å². The first-order chi connectivity index (χ1) is 11.2. The van der Waals surface area contributed by atoms with Crippen molar-refractivity contribution in [1.29, 1.82) is 0 Å². The van der Waals surface area contributed by atoms with Crippen LogP contribution < -0.4 is 9.92 Å². The molecule has 0 aromatic heterocycles. The summed E-state index contributed by atoms with van der Waals surface area (Å²) in [5, 5.41) is 1.51. The molecule has 120 valence electrons. The first-order valence-electron chi connectivity index (χ1n) is 8.67. The quantitative estimate of drug-likeness (QED) is 0.582. The molecule has 2 aromatic rings. The van der Waals surface area contributed by atoms with Crippen molar-refractivity contribution in [2.24, 2.45) is 0 Å². The Morgan fingerprint density at radius 3 is 2.26 bits per heavy atom. The summed E-state index contributed by atoms with van der Waals surface area (Å²) in [4.78, 5) is 0.